The zero-order valence-corrected chi connectivity index (χ0v) is 17.1. The van der Waals surface area contributed by atoms with Gasteiger partial charge in [0.05, 0.1) is 29.8 Å². The number of hydrogen-bond acceptors (Lipinski definition) is 6. The van der Waals surface area contributed by atoms with Gasteiger partial charge in [0.1, 0.15) is 5.39 Å². The first-order valence-corrected chi connectivity index (χ1v) is 10.6. The molecule has 0 saturated carbocycles. The molecule has 4 aromatic rings. The average molecular weight is 439 g/mol. The topological polar surface area (TPSA) is 94.7 Å². The van der Waals surface area contributed by atoms with Crippen LogP contribution in [0.15, 0.2) is 64.9 Å². The molecule has 1 aliphatic heterocycles. The molecular weight excluding hydrogens is 424 g/mol. The normalized spacial score (nSPS) is 15.3. The molecule has 150 valence electrons. The van der Waals surface area contributed by atoms with Crippen molar-refractivity contribution >= 4 is 46.0 Å². The first-order chi connectivity index (χ1) is 14.6. The van der Waals surface area contributed by atoms with Crippen molar-refractivity contribution in [1.29, 1.82) is 0 Å². The van der Waals surface area contributed by atoms with Gasteiger partial charge in [-0.25, -0.2) is 9.67 Å². The van der Waals surface area contributed by atoms with Gasteiger partial charge in [-0.15, -0.1) is 0 Å². The Balaban J connectivity index is 1.47. The molecule has 3 aromatic heterocycles. The van der Waals surface area contributed by atoms with Gasteiger partial charge in [-0.2, -0.15) is 5.10 Å². The van der Waals surface area contributed by atoms with E-state index in [1.807, 2.05) is 12.1 Å². The summed E-state index contributed by atoms with van der Waals surface area (Å²) >= 11 is 7.55. The first-order valence-electron chi connectivity index (χ1n) is 9.19. The van der Waals surface area contributed by atoms with Crippen LogP contribution in [0, 0.1) is 0 Å². The third kappa shape index (κ3) is 3.35. The Morgan fingerprint density at radius 2 is 2.17 bits per heavy atom. The molecule has 1 atom stereocenters. The third-order valence-corrected chi connectivity index (χ3v) is 6.12. The largest absolute Gasteiger partial charge is 0.325 e. The number of thioether (sulfide) groups is 1. The Labute approximate surface area is 179 Å². The number of pyridine rings is 1. The number of nitrogens with zero attached hydrogens (tertiary/aromatic N) is 5. The van der Waals surface area contributed by atoms with Crippen LogP contribution in [0.3, 0.4) is 0 Å². The van der Waals surface area contributed by atoms with Crippen LogP contribution in [0.4, 0.5) is 5.69 Å². The number of hydrogen-bond donors (Lipinski definition) is 1. The molecule has 0 fully saturated rings. The number of aromatic nitrogens is 5. The fraction of sp³-hybridized carbons (Fsp3) is 0.150. The smallest absolute Gasteiger partial charge is 0.265 e. The van der Waals surface area contributed by atoms with E-state index < -0.39 is 0 Å². The van der Waals surface area contributed by atoms with Crippen LogP contribution >= 0.6 is 23.4 Å². The molecule has 4 heterocycles. The molecule has 5 rings (SSSR count). The fourth-order valence-electron chi connectivity index (χ4n) is 3.44. The Morgan fingerprint density at radius 1 is 1.27 bits per heavy atom. The fourth-order valence-corrected chi connectivity index (χ4v) is 4.76. The summed E-state index contributed by atoms with van der Waals surface area (Å²) in [5.41, 5.74) is 1.62. The van der Waals surface area contributed by atoms with Crippen molar-refractivity contribution in [3.63, 3.8) is 0 Å². The highest BCUT2D eigenvalue weighted by atomic mass is 35.5. The summed E-state index contributed by atoms with van der Waals surface area (Å²) in [7, 11) is 0. The SMILES string of the molecule is O=C(CC1CSc2nc3c(cnn3-c3cccc(Cl)c3)c(=O)n21)Nc1cccnc1. The van der Waals surface area contributed by atoms with Crippen molar-refractivity contribution in [1.82, 2.24) is 24.3 Å². The second-order valence-electron chi connectivity index (χ2n) is 6.80. The van der Waals surface area contributed by atoms with Gasteiger partial charge >= 0.3 is 0 Å². The highest BCUT2D eigenvalue weighted by Gasteiger charge is 2.29. The second-order valence-corrected chi connectivity index (χ2v) is 8.23. The van der Waals surface area contributed by atoms with Gasteiger partial charge in [-0.1, -0.05) is 29.4 Å². The molecule has 0 aliphatic carbocycles. The molecule has 0 saturated heterocycles. The summed E-state index contributed by atoms with van der Waals surface area (Å²) in [5.74, 6) is 0.419. The van der Waals surface area contributed by atoms with Crippen LogP contribution in [0.1, 0.15) is 12.5 Å². The Bertz CT molecular complexity index is 1320. The van der Waals surface area contributed by atoms with Crippen molar-refractivity contribution in [2.75, 3.05) is 11.1 Å². The molecule has 1 aliphatic rings. The van der Waals surface area contributed by atoms with E-state index >= 15 is 0 Å². The first kappa shape index (κ1) is 18.8. The van der Waals surface area contributed by atoms with Crippen LogP contribution in [0.25, 0.3) is 16.7 Å². The van der Waals surface area contributed by atoms with Crippen molar-refractivity contribution < 1.29 is 4.79 Å². The van der Waals surface area contributed by atoms with Crippen molar-refractivity contribution in [3.8, 4) is 5.69 Å². The minimum atomic E-state index is -0.277. The van der Waals surface area contributed by atoms with E-state index in [1.54, 1.807) is 45.9 Å². The standard InChI is InChI=1S/C20H15ClN6O2S/c21-12-3-1-5-14(7-12)27-18-16(10-23-27)19(29)26-15(11-30-20(26)25-18)8-17(28)24-13-4-2-6-22-9-13/h1-7,9-10,15H,8,11H2,(H,24,28). The average Bonchev–Trinajstić information content (AvgIpc) is 3.34. The maximum atomic E-state index is 13.2. The molecule has 10 heteroatoms. The minimum Gasteiger partial charge on any atom is -0.325 e. The lowest BCUT2D eigenvalue weighted by Crippen LogP contribution is -2.27. The summed E-state index contributed by atoms with van der Waals surface area (Å²) in [6.45, 7) is 0. The summed E-state index contributed by atoms with van der Waals surface area (Å²) in [6, 6.07) is 10.4. The summed E-state index contributed by atoms with van der Waals surface area (Å²) in [4.78, 5) is 34.3. The number of benzene rings is 1. The van der Waals surface area contributed by atoms with E-state index in [0.29, 0.717) is 32.7 Å². The molecule has 1 aromatic carbocycles. The Hall–Kier alpha value is -3.17. The van der Waals surface area contributed by atoms with Gasteiger partial charge in [-0.3, -0.25) is 19.1 Å². The molecule has 30 heavy (non-hydrogen) atoms. The van der Waals surface area contributed by atoms with Gasteiger partial charge in [0, 0.05) is 23.4 Å². The summed E-state index contributed by atoms with van der Waals surface area (Å²) < 4.78 is 3.20. The zero-order valence-electron chi connectivity index (χ0n) is 15.5. The van der Waals surface area contributed by atoms with Crippen molar-refractivity contribution in [2.45, 2.75) is 17.6 Å². The van der Waals surface area contributed by atoms with Crippen LogP contribution in [0.2, 0.25) is 5.02 Å². The van der Waals surface area contributed by atoms with E-state index in [-0.39, 0.29) is 23.9 Å². The molecule has 0 bridgehead atoms. The lowest BCUT2D eigenvalue weighted by molar-refractivity contribution is -0.116. The molecule has 1 N–H and O–H groups in total. The van der Waals surface area contributed by atoms with Crippen molar-refractivity contribution in [3.05, 3.63) is 70.4 Å². The number of rotatable bonds is 4. The number of nitrogens with one attached hydrogen (secondary N) is 1. The second kappa shape index (κ2) is 7.58. The van der Waals surface area contributed by atoms with Gasteiger partial charge in [-0.05, 0) is 30.3 Å². The Kier molecular flexibility index (Phi) is 4.76. The van der Waals surface area contributed by atoms with E-state index in [2.05, 4.69) is 20.4 Å². The lowest BCUT2D eigenvalue weighted by Gasteiger charge is -2.13. The highest BCUT2D eigenvalue weighted by Crippen LogP contribution is 2.33. The maximum Gasteiger partial charge on any atom is 0.265 e. The molecule has 0 spiro atoms. The number of carbonyl (C=O) groups excluding carboxylic acids is 1. The molecular formula is C20H15ClN6O2S. The van der Waals surface area contributed by atoms with Gasteiger partial charge in [0.25, 0.3) is 5.56 Å². The maximum absolute atomic E-state index is 13.2. The Morgan fingerprint density at radius 3 is 2.97 bits per heavy atom. The van der Waals surface area contributed by atoms with Crippen LogP contribution in [-0.2, 0) is 4.79 Å². The highest BCUT2D eigenvalue weighted by molar-refractivity contribution is 7.99. The van der Waals surface area contributed by atoms with Crippen LogP contribution in [-0.4, -0.2) is 36.0 Å². The number of anilines is 1. The van der Waals surface area contributed by atoms with E-state index in [4.69, 9.17) is 11.6 Å². The van der Waals surface area contributed by atoms with E-state index in [1.165, 1.54) is 18.0 Å². The third-order valence-electron chi connectivity index (χ3n) is 4.79. The molecule has 0 radical (unpaired) electrons. The van der Waals surface area contributed by atoms with Crippen LogP contribution in [0.5, 0.6) is 0 Å². The zero-order chi connectivity index (χ0) is 20.7. The molecule has 1 amide bonds. The summed E-state index contributed by atoms with van der Waals surface area (Å²) in [6.07, 6.45) is 4.90. The minimum absolute atomic E-state index is 0.171. The monoisotopic (exact) mass is 438 g/mol. The van der Waals surface area contributed by atoms with E-state index in [0.717, 1.165) is 5.69 Å². The molecule has 8 nitrogen and oxygen atoms in total. The van der Waals surface area contributed by atoms with Gasteiger partial charge in [0.2, 0.25) is 5.91 Å². The van der Waals surface area contributed by atoms with Crippen molar-refractivity contribution in [2.24, 2.45) is 0 Å². The summed E-state index contributed by atoms with van der Waals surface area (Å²) in [5, 5.41) is 8.70. The number of fused-ring (bicyclic) bond motifs is 2. The molecule has 1 unspecified atom stereocenters. The number of amides is 1. The van der Waals surface area contributed by atoms with E-state index in [9.17, 15) is 9.59 Å². The quantitative estimate of drug-likeness (QED) is 0.491. The number of carbonyl (C=O) groups is 1. The lowest BCUT2D eigenvalue weighted by atomic mass is 10.2. The predicted molar refractivity (Wildman–Crippen MR) is 115 cm³/mol. The van der Waals surface area contributed by atoms with Gasteiger partial charge < -0.3 is 5.32 Å². The van der Waals surface area contributed by atoms with Crippen LogP contribution < -0.4 is 10.9 Å². The number of halogens is 1. The van der Waals surface area contributed by atoms with Gasteiger partial charge in [0.15, 0.2) is 10.8 Å². The predicted octanol–water partition coefficient (Wildman–Crippen LogP) is 3.31.